The average Bonchev–Trinajstić information content (AvgIpc) is 3.08. The van der Waals surface area contributed by atoms with Gasteiger partial charge in [0.25, 0.3) is 0 Å². The van der Waals surface area contributed by atoms with Crippen LogP contribution in [0.4, 0.5) is 0 Å². The first-order chi connectivity index (χ1) is 11.8. The Morgan fingerprint density at radius 2 is 2.21 bits per heavy atom. The van der Waals surface area contributed by atoms with E-state index in [4.69, 9.17) is 9.26 Å². The number of amides is 1. The fourth-order valence-electron chi connectivity index (χ4n) is 3.46. The molecule has 1 amide bonds. The van der Waals surface area contributed by atoms with Crippen molar-refractivity contribution in [3.8, 4) is 0 Å². The number of aromatic nitrogens is 2. The summed E-state index contributed by atoms with van der Waals surface area (Å²) in [7, 11) is 0. The van der Waals surface area contributed by atoms with Crippen LogP contribution in [0.3, 0.4) is 0 Å². The molecule has 2 fully saturated rings. The Bertz CT molecular complexity index is 533. The lowest BCUT2D eigenvalue weighted by Gasteiger charge is -2.39. The molecule has 3 heterocycles. The van der Waals surface area contributed by atoms with Gasteiger partial charge in [-0.15, -0.1) is 0 Å². The Morgan fingerprint density at radius 1 is 1.38 bits per heavy atom. The number of hydrogen-bond acceptors (Lipinski definition) is 7. The summed E-state index contributed by atoms with van der Waals surface area (Å²) in [5, 5.41) is 6.85. The minimum absolute atomic E-state index is 0.0511. The Hall–Kier alpha value is -1.12. The van der Waals surface area contributed by atoms with E-state index in [1.54, 1.807) is 11.8 Å². The second kappa shape index (κ2) is 8.82. The van der Waals surface area contributed by atoms with Crippen molar-refractivity contribution in [2.24, 2.45) is 5.92 Å². The minimum Gasteiger partial charge on any atom is -0.381 e. The number of nitrogens with zero attached hydrogens (tertiary/aromatic N) is 3. The lowest BCUT2D eigenvalue weighted by atomic mass is 9.94. The summed E-state index contributed by atoms with van der Waals surface area (Å²) < 4.78 is 10.6. The maximum Gasteiger partial charge on any atom is 0.246 e. The summed E-state index contributed by atoms with van der Waals surface area (Å²) >= 11 is 1.64. The van der Waals surface area contributed by atoms with Crippen molar-refractivity contribution in [3.05, 3.63) is 11.7 Å². The molecular weight excluding hydrogens is 328 g/mol. The third-order valence-electron chi connectivity index (χ3n) is 4.73. The van der Waals surface area contributed by atoms with Crippen LogP contribution in [0, 0.1) is 5.92 Å². The van der Waals surface area contributed by atoms with Crippen LogP contribution < -0.4 is 5.32 Å². The van der Waals surface area contributed by atoms with Gasteiger partial charge in [0.05, 0.1) is 18.2 Å². The van der Waals surface area contributed by atoms with Gasteiger partial charge in [-0.1, -0.05) is 5.16 Å². The van der Waals surface area contributed by atoms with Crippen LogP contribution >= 0.6 is 11.8 Å². The number of carbonyl (C=O) groups is 1. The Morgan fingerprint density at radius 3 is 3.00 bits per heavy atom. The zero-order chi connectivity index (χ0) is 16.8. The second-order valence-corrected chi connectivity index (χ2v) is 7.30. The van der Waals surface area contributed by atoms with Crippen LogP contribution in [0.2, 0.25) is 0 Å². The fraction of sp³-hybridized carbons (Fsp3) is 0.812. The number of hydrogen-bond donors (Lipinski definition) is 1. The molecule has 0 bridgehead atoms. The Balaban J connectivity index is 1.46. The summed E-state index contributed by atoms with van der Waals surface area (Å²) in [5.41, 5.74) is 0. The molecule has 2 saturated heterocycles. The zero-order valence-corrected chi connectivity index (χ0v) is 15.0. The minimum atomic E-state index is 0.0511. The summed E-state index contributed by atoms with van der Waals surface area (Å²) in [6.07, 6.45) is 6.18. The highest BCUT2D eigenvalue weighted by atomic mass is 32.2. The molecule has 1 aromatic heterocycles. The Labute approximate surface area is 146 Å². The van der Waals surface area contributed by atoms with Gasteiger partial charge in [-0.05, 0) is 38.5 Å². The van der Waals surface area contributed by atoms with Crippen LogP contribution in [-0.4, -0.2) is 59.5 Å². The van der Waals surface area contributed by atoms with Gasteiger partial charge in [-0.3, -0.25) is 9.69 Å². The van der Waals surface area contributed by atoms with Crippen molar-refractivity contribution in [1.29, 1.82) is 0 Å². The Kier molecular flexibility index (Phi) is 6.51. The highest BCUT2D eigenvalue weighted by Gasteiger charge is 2.30. The third-order valence-corrected chi connectivity index (χ3v) is 5.28. The fourth-order valence-corrected chi connectivity index (χ4v) is 3.83. The summed E-state index contributed by atoms with van der Waals surface area (Å²) in [6, 6.07) is 0.569. The highest BCUT2D eigenvalue weighted by molar-refractivity contribution is 7.97. The van der Waals surface area contributed by atoms with Gasteiger partial charge in [-0.25, -0.2) is 0 Å². The number of likely N-dealkylation sites (tertiary alicyclic amines) is 1. The molecule has 134 valence electrons. The van der Waals surface area contributed by atoms with Crippen molar-refractivity contribution in [2.75, 3.05) is 32.6 Å². The first-order valence-corrected chi connectivity index (χ1v) is 10.1. The molecule has 7 nitrogen and oxygen atoms in total. The number of nitrogens with one attached hydrogen (secondary N) is 1. The predicted molar refractivity (Wildman–Crippen MR) is 91.5 cm³/mol. The van der Waals surface area contributed by atoms with Crippen molar-refractivity contribution in [3.63, 3.8) is 0 Å². The topological polar surface area (TPSA) is 80.5 Å². The van der Waals surface area contributed by atoms with Crippen LogP contribution in [0.1, 0.15) is 37.4 Å². The lowest BCUT2D eigenvalue weighted by molar-refractivity contribution is -0.127. The van der Waals surface area contributed by atoms with Crippen molar-refractivity contribution < 1.29 is 14.1 Å². The van der Waals surface area contributed by atoms with Crippen LogP contribution in [-0.2, 0) is 21.8 Å². The number of thioether (sulfide) groups is 1. The van der Waals surface area contributed by atoms with E-state index in [-0.39, 0.29) is 11.8 Å². The quantitative estimate of drug-likeness (QED) is 0.828. The van der Waals surface area contributed by atoms with E-state index in [1.807, 2.05) is 6.26 Å². The van der Waals surface area contributed by atoms with Crippen LogP contribution in [0.15, 0.2) is 4.52 Å². The SMILES string of the molecule is CSCc1noc(CNC(=O)C2CCCN(C3CCOCC3)C2)n1. The molecular formula is C16H26N4O3S. The van der Waals surface area contributed by atoms with Crippen LogP contribution in [0.25, 0.3) is 0 Å². The zero-order valence-electron chi connectivity index (χ0n) is 14.2. The predicted octanol–water partition coefficient (Wildman–Crippen LogP) is 1.44. The van der Waals surface area contributed by atoms with E-state index in [0.717, 1.165) is 57.7 Å². The molecule has 1 unspecified atom stereocenters. The normalized spacial score (nSPS) is 23.3. The van der Waals surface area contributed by atoms with Gasteiger partial charge in [0.15, 0.2) is 5.82 Å². The van der Waals surface area contributed by atoms with Crippen molar-refractivity contribution in [2.45, 2.75) is 44.0 Å². The lowest BCUT2D eigenvalue weighted by Crippen LogP contribution is -2.48. The molecule has 0 aromatic carbocycles. The van der Waals surface area contributed by atoms with Gasteiger partial charge in [0.1, 0.15) is 0 Å². The molecule has 1 atom stereocenters. The number of rotatable bonds is 6. The molecule has 0 aliphatic carbocycles. The molecule has 1 aromatic rings. The molecule has 2 aliphatic rings. The maximum absolute atomic E-state index is 12.5. The van der Waals surface area contributed by atoms with E-state index in [0.29, 0.717) is 24.3 Å². The van der Waals surface area contributed by atoms with Gasteiger partial charge < -0.3 is 14.6 Å². The second-order valence-electron chi connectivity index (χ2n) is 6.43. The van der Waals surface area contributed by atoms with Gasteiger partial charge in [0.2, 0.25) is 11.8 Å². The molecule has 24 heavy (non-hydrogen) atoms. The summed E-state index contributed by atoms with van der Waals surface area (Å²) in [6.45, 7) is 3.93. The number of piperidine rings is 1. The third kappa shape index (κ3) is 4.70. The molecule has 0 saturated carbocycles. The number of carbonyl (C=O) groups excluding carboxylic acids is 1. The van der Waals surface area contributed by atoms with Gasteiger partial charge >= 0.3 is 0 Å². The van der Waals surface area contributed by atoms with E-state index in [9.17, 15) is 4.79 Å². The summed E-state index contributed by atoms with van der Waals surface area (Å²) in [4.78, 5) is 19.2. The van der Waals surface area contributed by atoms with Gasteiger partial charge in [-0.2, -0.15) is 16.7 Å². The van der Waals surface area contributed by atoms with Gasteiger partial charge in [0, 0.05) is 25.8 Å². The van der Waals surface area contributed by atoms with E-state index in [2.05, 4.69) is 20.4 Å². The van der Waals surface area contributed by atoms with E-state index < -0.39 is 0 Å². The average molecular weight is 354 g/mol. The van der Waals surface area contributed by atoms with E-state index in [1.165, 1.54) is 0 Å². The maximum atomic E-state index is 12.5. The molecule has 0 radical (unpaired) electrons. The van der Waals surface area contributed by atoms with E-state index >= 15 is 0 Å². The molecule has 0 spiro atoms. The van der Waals surface area contributed by atoms with Crippen LogP contribution in [0.5, 0.6) is 0 Å². The molecule has 3 rings (SSSR count). The standard InChI is InChI=1S/C16H26N4O3S/c1-24-11-14-18-15(23-19-14)9-17-16(21)12-3-2-6-20(10-12)13-4-7-22-8-5-13/h12-13H,2-11H2,1H3,(H,17,21). The molecule has 2 aliphatic heterocycles. The molecule has 8 heteroatoms. The number of ether oxygens (including phenoxy) is 1. The highest BCUT2D eigenvalue weighted by Crippen LogP contribution is 2.23. The smallest absolute Gasteiger partial charge is 0.246 e. The van der Waals surface area contributed by atoms with Crippen molar-refractivity contribution >= 4 is 17.7 Å². The first kappa shape index (κ1) is 17.7. The summed E-state index contributed by atoms with van der Waals surface area (Å²) in [5.74, 6) is 2.02. The monoisotopic (exact) mass is 354 g/mol. The first-order valence-electron chi connectivity index (χ1n) is 8.66. The largest absolute Gasteiger partial charge is 0.381 e. The van der Waals surface area contributed by atoms with Crippen molar-refractivity contribution in [1.82, 2.24) is 20.4 Å². The molecule has 1 N–H and O–H groups in total.